The van der Waals surface area contributed by atoms with Gasteiger partial charge in [0.2, 0.25) is 0 Å². The summed E-state index contributed by atoms with van der Waals surface area (Å²) in [4.78, 5) is 24.4. The molecule has 25 heavy (non-hydrogen) atoms. The van der Waals surface area contributed by atoms with Crippen LogP contribution in [0.3, 0.4) is 0 Å². The molecule has 0 bridgehead atoms. The van der Waals surface area contributed by atoms with Crippen molar-refractivity contribution in [3.63, 3.8) is 0 Å². The maximum absolute atomic E-state index is 13.7. The number of esters is 1. The molecule has 0 radical (unpaired) electrons. The summed E-state index contributed by atoms with van der Waals surface area (Å²) in [5.74, 6) is -2.77. The van der Waals surface area contributed by atoms with Crippen molar-refractivity contribution in [3.8, 4) is 0 Å². The molecule has 0 aliphatic heterocycles. The molecule has 6 nitrogen and oxygen atoms in total. The van der Waals surface area contributed by atoms with E-state index >= 15 is 0 Å². The Morgan fingerprint density at radius 1 is 1.28 bits per heavy atom. The number of hydrogen-bond donors (Lipinski definition) is 2. The lowest BCUT2D eigenvalue weighted by atomic mass is 10.1. The smallest absolute Gasteiger partial charge is 0.460 e. The van der Waals surface area contributed by atoms with E-state index in [0.29, 0.717) is 5.32 Å². The molecule has 1 atom stereocenters. The van der Waals surface area contributed by atoms with Gasteiger partial charge in [-0.25, -0.2) is 4.79 Å². The predicted octanol–water partition coefficient (Wildman–Crippen LogP) is 1.10. The van der Waals surface area contributed by atoms with Crippen LogP contribution in [0.5, 0.6) is 0 Å². The van der Waals surface area contributed by atoms with Gasteiger partial charge in [0.1, 0.15) is 6.54 Å². The first-order chi connectivity index (χ1) is 11.7. The van der Waals surface area contributed by atoms with Gasteiger partial charge in [0.25, 0.3) is 5.91 Å². The van der Waals surface area contributed by atoms with E-state index in [-0.39, 0.29) is 30.3 Å². The summed E-state index contributed by atoms with van der Waals surface area (Å²) in [5.41, 5.74) is -3.50. The molecule has 10 heteroatoms. The van der Waals surface area contributed by atoms with Crippen molar-refractivity contribution >= 4 is 23.5 Å². The molecule has 0 aromatic heterocycles. The number of quaternary nitrogens is 1. The number of ether oxygens (including phenoxy) is 2. The minimum Gasteiger partial charge on any atom is -0.460 e. The summed E-state index contributed by atoms with van der Waals surface area (Å²) in [6, 6.07) is 5.56. The fourth-order valence-electron chi connectivity index (χ4n) is 2.02. The van der Waals surface area contributed by atoms with Crippen molar-refractivity contribution in [2.24, 2.45) is 0 Å². The molecule has 140 valence electrons. The van der Waals surface area contributed by atoms with Crippen LogP contribution < -0.4 is 10.6 Å². The van der Waals surface area contributed by atoms with Crippen LogP contribution in [0.2, 0.25) is 5.02 Å². The van der Waals surface area contributed by atoms with Gasteiger partial charge in [-0.3, -0.25) is 10.1 Å². The molecule has 1 amide bonds. The largest absolute Gasteiger partial charge is 0.478 e. The highest BCUT2D eigenvalue weighted by Crippen LogP contribution is 2.27. The molecular weight excluding hydrogens is 365 g/mol. The van der Waals surface area contributed by atoms with Gasteiger partial charge < -0.3 is 14.8 Å². The van der Waals surface area contributed by atoms with E-state index in [9.17, 15) is 22.8 Å². The quantitative estimate of drug-likeness (QED) is 0.400. The average Bonchev–Trinajstić information content (AvgIpc) is 2.53. The molecule has 0 saturated heterocycles. The first-order valence-corrected chi connectivity index (χ1v) is 7.71. The topological polar surface area (TPSA) is 81.2 Å². The number of hydrogen-bond acceptors (Lipinski definition) is 4. The van der Waals surface area contributed by atoms with Crippen LogP contribution in [0.1, 0.15) is 17.3 Å². The second-order valence-electron chi connectivity index (χ2n) is 4.95. The summed E-state index contributed by atoms with van der Waals surface area (Å²) in [7, 11) is 1.30. The first-order valence-electron chi connectivity index (χ1n) is 7.34. The van der Waals surface area contributed by atoms with E-state index in [2.05, 4.69) is 4.74 Å². The van der Waals surface area contributed by atoms with Crippen molar-refractivity contribution in [1.29, 1.82) is 0 Å². The third kappa shape index (κ3) is 5.07. The van der Waals surface area contributed by atoms with E-state index in [1.54, 1.807) is 5.32 Å². The van der Waals surface area contributed by atoms with Gasteiger partial charge in [-0.15, -0.1) is 0 Å². The zero-order valence-electron chi connectivity index (χ0n) is 13.7. The van der Waals surface area contributed by atoms with Gasteiger partial charge in [-0.1, -0.05) is 23.7 Å². The minimum atomic E-state index is -5.12. The van der Waals surface area contributed by atoms with Crippen LogP contribution in [0.25, 0.3) is 0 Å². The Bertz CT molecular complexity index is 613. The molecule has 0 aliphatic carbocycles. The highest BCUT2D eigenvalue weighted by Gasteiger charge is 2.67. The Kier molecular flexibility index (Phi) is 7.65. The lowest BCUT2D eigenvalue weighted by Crippen LogP contribution is -3.07. The molecule has 0 unspecified atom stereocenters. The Balaban J connectivity index is 3.25. The Morgan fingerprint density at radius 2 is 1.92 bits per heavy atom. The summed E-state index contributed by atoms with van der Waals surface area (Å²) < 4.78 is 50.5. The highest BCUT2D eigenvalue weighted by molar-refractivity contribution is 6.33. The van der Waals surface area contributed by atoms with Crippen LogP contribution in [0.15, 0.2) is 24.3 Å². The first kappa shape index (κ1) is 21.2. The molecule has 0 saturated carbocycles. The minimum absolute atomic E-state index is 0.0446. The second kappa shape index (κ2) is 9.02. The van der Waals surface area contributed by atoms with E-state index in [0.717, 1.165) is 0 Å². The SMILES string of the molecule is CCOC(=O)[C@](NC(=O)c1ccccc1Cl)([NH2+]CCOC)C(F)(F)F. The molecule has 0 spiro atoms. The van der Waals surface area contributed by atoms with Crippen molar-refractivity contribution in [2.75, 3.05) is 26.9 Å². The zero-order valence-corrected chi connectivity index (χ0v) is 14.4. The number of nitrogens with one attached hydrogen (secondary N) is 1. The number of halogens is 4. The van der Waals surface area contributed by atoms with Gasteiger partial charge in [-0.05, 0) is 19.1 Å². The number of benzene rings is 1. The van der Waals surface area contributed by atoms with Gasteiger partial charge in [0.05, 0.1) is 23.8 Å². The third-order valence-corrected chi connectivity index (χ3v) is 3.58. The summed E-state index contributed by atoms with van der Waals surface area (Å²) in [6.07, 6.45) is -5.12. The Morgan fingerprint density at radius 3 is 2.44 bits per heavy atom. The van der Waals surface area contributed by atoms with Gasteiger partial charge >= 0.3 is 17.8 Å². The molecule has 1 rings (SSSR count). The molecular formula is C15H19ClF3N2O4+. The zero-order chi connectivity index (χ0) is 19.1. The summed E-state index contributed by atoms with van der Waals surface area (Å²) >= 11 is 5.84. The molecule has 1 aromatic carbocycles. The molecule has 0 aliphatic rings. The van der Waals surface area contributed by atoms with Crippen LogP contribution in [0, 0.1) is 0 Å². The van der Waals surface area contributed by atoms with Gasteiger partial charge in [0.15, 0.2) is 0 Å². The number of amides is 1. The second-order valence-corrected chi connectivity index (χ2v) is 5.35. The van der Waals surface area contributed by atoms with Crippen molar-refractivity contribution in [1.82, 2.24) is 5.32 Å². The monoisotopic (exact) mass is 383 g/mol. The number of carbonyl (C=O) groups excluding carboxylic acids is 2. The van der Waals surface area contributed by atoms with Crippen LogP contribution >= 0.6 is 11.6 Å². The number of methoxy groups -OCH3 is 1. The summed E-state index contributed by atoms with van der Waals surface area (Å²) in [6.45, 7) is 0.775. The molecule has 3 N–H and O–H groups in total. The van der Waals surface area contributed by atoms with Crippen LogP contribution in [-0.2, 0) is 14.3 Å². The standard InChI is InChI=1S/C15H18ClF3N2O4/c1-3-25-13(23)14(15(17,18)19,20-8-9-24-2)21-12(22)10-6-4-5-7-11(10)16/h4-7,20H,3,8-9H2,1-2H3,(H,21,22)/p+1/t14-/m1/s1. The molecule has 0 fully saturated rings. The number of nitrogens with two attached hydrogens (primary N) is 1. The fourth-order valence-corrected chi connectivity index (χ4v) is 2.24. The Labute approximate surface area is 147 Å². The fraction of sp³-hybridized carbons (Fsp3) is 0.467. The lowest BCUT2D eigenvalue weighted by Gasteiger charge is -2.31. The predicted molar refractivity (Wildman–Crippen MR) is 83.0 cm³/mol. The van der Waals surface area contributed by atoms with E-state index < -0.39 is 23.7 Å². The normalized spacial score (nSPS) is 13.8. The van der Waals surface area contributed by atoms with Crippen molar-refractivity contribution in [3.05, 3.63) is 34.9 Å². The molecule has 1 aromatic rings. The summed E-state index contributed by atoms with van der Waals surface area (Å²) in [5, 5.41) is 2.32. The van der Waals surface area contributed by atoms with E-state index in [4.69, 9.17) is 16.3 Å². The van der Waals surface area contributed by atoms with Crippen molar-refractivity contribution in [2.45, 2.75) is 18.8 Å². The number of carbonyl (C=O) groups is 2. The third-order valence-electron chi connectivity index (χ3n) is 3.25. The maximum atomic E-state index is 13.7. The lowest BCUT2D eigenvalue weighted by molar-refractivity contribution is -0.744. The maximum Gasteiger partial charge on any atom is 0.478 e. The van der Waals surface area contributed by atoms with E-state index in [1.165, 1.54) is 38.3 Å². The number of rotatable bonds is 8. The average molecular weight is 384 g/mol. The number of alkyl halides is 3. The highest BCUT2D eigenvalue weighted by atomic mass is 35.5. The van der Waals surface area contributed by atoms with Crippen LogP contribution in [-0.4, -0.2) is 50.6 Å². The van der Waals surface area contributed by atoms with Crippen LogP contribution in [0.4, 0.5) is 13.2 Å². The van der Waals surface area contributed by atoms with Gasteiger partial charge in [0, 0.05) is 7.11 Å². The molecule has 0 heterocycles. The van der Waals surface area contributed by atoms with Crippen molar-refractivity contribution < 1.29 is 37.6 Å². The van der Waals surface area contributed by atoms with Gasteiger partial charge in [-0.2, -0.15) is 13.2 Å². The Hall–Kier alpha value is -1.84. The van der Waals surface area contributed by atoms with E-state index in [1.807, 2.05) is 0 Å².